The van der Waals surface area contributed by atoms with Crippen molar-refractivity contribution in [2.24, 2.45) is 5.41 Å². The number of aryl methyl sites for hydroxylation is 1. The van der Waals surface area contributed by atoms with E-state index in [2.05, 4.69) is 19.9 Å². The fourth-order valence-corrected chi connectivity index (χ4v) is 6.10. The van der Waals surface area contributed by atoms with Crippen LogP contribution in [0, 0.1) is 12.3 Å². The molecule has 2 aromatic rings. The van der Waals surface area contributed by atoms with Gasteiger partial charge >= 0.3 is 0 Å². The third-order valence-corrected chi connectivity index (χ3v) is 7.77. The van der Waals surface area contributed by atoms with Gasteiger partial charge in [-0.1, -0.05) is 40.7 Å². The Kier molecular flexibility index (Phi) is 8.16. The van der Waals surface area contributed by atoms with Crippen molar-refractivity contribution in [1.82, 2.24) is 0 Å². The maximum atomic E-state index is 11.8. The first-order valence-electron chi connectivity index (χ1n) is 10.6. The Bertz CT molecular complexity index is 948. The number of rotatable bonds is 9. The summed E-state index contributed by atoms with van der Waals surface area (Å²) in [7, 11) is -3.08. The molecule has 0 saturated carbocycles. The molecular formula is C24H36O4S2. The van der Waals surface area contributed by atoms with E-state index in [9.17, 15) is 13.5 Å². The molecule has 0 spiro atoms. The lowest BCUT2D eigenvalue weighted by atomic mass is 9.90. The van der Waals surface area contributed by atoms with Crippen LogP contribution >= 0.6 is 11.3 Å². The largest absolute Gasteiger partial charge is 0.491 e. The quantitative estimate of drug-likeness (QED) is 0.510. The van der Waals surface area contributed by atoms with Crippen LogP contribution in [-0.4, -0.2) is 32.5 Å². The van der Waals surface area contributed by atoms with E-state index in [0.29, 0.717) is 5.92 Å². The molecule has 1 aromatic carbocycles. The molecule has 0 aliphatic rings. The molecule has 0 amide bonds. The summed E-state index contributed by atoms with van der Waals surface area (Å²) in [5, 5.41) is 10.2. The molecule has 1 aromatic heterocycles. The highest BCUT2D eigenvalue weighted by Crippen LogP contribution is 2.41. The minimum atomic E-state index is -3.08. The monoisotopic (exact) mass is 452 g/mol. The molecule has 6 heteroatoms. The Morgan fingerprint density at radius 3 is 2.27 bits per heavy atom. The number of hydrogen-bond donors (Lipinski definition) is 1. The lowest BCUT2D eigenvalue weighted by Gasteiger charge is -2.26. The number of aliphatic hydroxyl groups is 1. The standard InChI is InChI=1S/C24H36O4S2/c1-8-17(9-2)23-20(13-19(29-23)15-30(7,26)27)18-10-11-21(16(3)12-18)28-14-22(25)24(4,5)6/h10-13,17,22,25H,8-9,14-15H2,1-7H3. The van der Waals surface area contributed by atoms with E-state index in [-0.39, 0.29) is 17.8 Å². The fourth-order valence-electron chi connectivity index (χ4n) is 3.37. The van der Waals surface area contributed by atoms with Crippen LogP contribution in [0.4, 0.5) is 0 Å². The van der Waals surface area contributed by atoms with Crippen LogP contribution in [0.5, 0.6) is 5.75 Å². The predicted molar refractivity (Wildman–Crippen MR) is 127 cm³/mol. The first-order chi connectivity index (χ1) is 13.9. The number of benzene rings is 1. The van der Waals surface area contributed by atoms with E-state index >= 15 is 0 Å². The summed E-state index contributed by atoms with van der Waals surface area (Å²) in [4.78, 5) is 2.15. The molecule has 1 atom stereocenters. The van der Waals surface area contributed by atoms with E-state index in [1.165, 1.54) is 11.1 Å². The summed E-state index contributed by atoms with van der Waals surface area (Å²) in [5.41, 5.74) is 2.97. The highest BCUT2D eigenvalue weighted by Gasteiger charge is 2.23. The third-order valence-electron chi connectivity index (χ3n) is 5.45. The van der Waals surface area contributed by atoms with Crippen molar-refractivity contribution >= 4 is 21.2 Å². The van der Waals surface area contributed by atoms with Gasteiger partial charge in [-0.25, -0.2) is 8.42 Å². The first kappa shape index (κ1) is 24.9. The van der Waals surface area contributed by atoms with Crippen molar-refractivity contribution < 1.29 is 18.3 Å². The SMILES string of the molecule is CCC(CC)c1sc(CS(C)(=O)=O)cc1-c1ccc(OCC(O)C(C)(C)C)c(C)c1. The summed E-state index contributed by atoms with van der Waals surface area (Å²) >= 11 is 1.62. The van der Waals surface area contributed by atoms with E-state index in [1.807, 2.05) is 45.9 Å². The summed E-state index contributed by atoms with van der Waals surface area (Å²) in [6.45, 7) is 12.6. The van der Waals surface area contributed by atoms with E-state index in [1.54, 1.807) is 11.3 Å². The number of thiophene rings is 1. The smallest absolute Gasteiger partial charge is 0.152 e. The van der Waals surface area contributed by atoms with E-state index in [0.717, 1.165) is 40.2 Å². The molecule has 0 radical (unpaired) electrons. The van der Waals surface area contributed by atoms with Crippen molar-refractivity contribution in [2.75, 3.05) is 12.9 Å². The second kappa shape index (κ2) is 9.84. The van der Waals surface area contributed by atoms with Crippen molar-refractivity contribution in [3.8, 4) is 16.9 Å². The molecule has 1 unspecified atom stereocenters. The Labute approximate surface area is 186 Å². The van der Waals surface area contributed by atoms with Crippen molar-refractivity contribution in [3.63, 3.8) is 0 Å². The molecule has 0 aliphatic carbocycles. The molecule has 168 valence electrons. The zero-order valence-corrected chi connectivity index (χ0v) is 20.9. The maximum Gasteiger partial charge on any atom is 0.152 e. The average molecular weight is 453 g/mol. The zero-order chi connectivity index (χ0) is 22.7. The minimum absolute atomic E-state index is 0.0791. The van der Waals surface area contributed by atoms with Gasteiger partial charge in [0, 0.05) is 16.0 Å². The number of hydrogen-bond acceptors (Lipinski definition) is 5. The van der Waals surface area contributed by atoms with Crippen LogP contribution in [-0.2, 0) is 15.6 Å². The Balaban J connectivity index is 2.37. The summed E-state index contributed by atoms with van der Waals surface area (Å²) in [6.07, 6.45) is 2.78. The van der Waals surface area contributed by atoms with Gasteiger partial charge in [-0.2, -0.15) is 0 Å². The number of aliphatic hydroxyl groups excluding tert-OH is 1. The Hall–Kier alpha value is -1.37. The molecule has 0 aliphatic heterocycles. The lowest BCUT2D eigenvalue weighted by Crippen LogP contribution is -2.32. The summed E-state index contributed by atoms with van der Waals surface area (Å²) < 4.78 is 29.5. The van der Waals surface area contributed by atoms with Crippen LogP contribution in [0.1, 0.15) is 68.7 Å². The highest BCUT2D eigenvalue weighted by atomic mass is 32.2. The molecule has 1 N–H and O–H groups in total. The molecule has 0 bridgehead atoms. The number of ether oxygens (including phenoxy) is 1. The van der Waals surface area contributed by atoms with Crippen LogP contribution in [0.3, 0.4) is 0 Å². The molecular weight excluding hydrogens is 416 g/mol. The van der Waals surface area contributed by atoms with Crippen molar-refractivity contribution in [2.45, 2.75) is 72.2 Å². The van der Waals surface area contributed by atoms with Gasteiger partial charge in [0.2, 0.25) is 0 Å². The topological polar surface area (TPSA) is 63.6 Å². The highest BCUT2D eigenvalue weighted by molar-refractivity contribution is 7.90. The number of sulfone groups is 1. The van der Waals surface area contributed by atoms with Crippen LogP contribution in [0.15, 0.2) is 24.3 Å². The second-order valence-corrected chi connectivity index (χ2v) is 12.6. The molecule has 0 saturated heterocycles. The maximum absolute atomic E-state index is 11.8. The summed E-state index contributed by atoms with van der Waals surface area (Å²) in [6, 6.07) is 8.11. The minimum Gasteiger partial charge on any atom is -0.491 e. The summed E-state index contributed by atoms with van der Waals surface area (Å²) in [5.74, 6) is 1.25. The average Bonchev–Trinajstić information content (AvgIpc) is 3.02. The zero-order valence-electron chi connectivity index (χ0n) is 19.3. The molecule has 1 heterocycles. The molecule has 0 fully saturated rings. The Morgan fingerprint density at radius 1 is 1.13 bits per heavy atom. The van der Waals surface area contributed by atoms with Gasteiger partial charge < -0.3 is 9.84 Å². The van der Waals surface area contributed by atoms with Crippen LogP contribution in [0.2, 0.25) is 0 Å². The molecule has 4 nitrogen and oxygen atoms in total. The van der Waals surface area contributed by atoms with E-state index < -0.39 is 15.9 Å². The van der Waals surface area contributed by atoms with Gasteiger partial charge in [0.15, 0.2) is 9.84 Å². The van der Waals surface area contributed by atoms with Crippen LogP contribution < -0.4 is 4.74 Å². The third kappa shape index (κ3) is 6.56. The van der Waals surface area contributed by atoms with Crippen molar-refractivity contribution in [3.05, 3.63) is 39.6 Å². The Morgan fingerprint density at radius 2 is 1.77 bits per heavy atom. The normalized spacial score (nSPS) is 13.6. The first-order valence-corrected chi connectivity index (χ1v) is 13.5. The van der Waals surface area contributed by atoms with Gasteiger partial charge in [0.05, 0.1) is 11.9 Å². The second-order valence-electron chi connectivity index (χ2n) is 9.25. The van der Waals surface area contributed by atoms with Gasteiger partial charge in [-0.3, -0.25) is 0 Å². The molecule has 2 rings (SSSR count). The van der Waals surface area contributed by atoms with Gasteiger partial charge in [-0.05, 0) is 66.0 Å². The lowest BCUT2D eigenvalue weighted by molar-refractivity contribution is 0.0216. The van der Waals surface area contributed by atoms with Gasteiger partial charge in [-0.15, -0.1) is 11.3 Å². The molecule has 30 heavy (non-hydrogen) atoms. The van der Waals surface area contributed by atoms with E-state index in [4.69, 9.17) is 4.74 Å². The van der Waals surface area contributed by atoms with Crippen LogP contribution in [0.25, 0.3) is 11.1 Å². The fraction of sp³-hybridized carbons (Fsp3) is 0.583. The predicted octanol–water partition coefficient (Wildman–Crippen LogP) is 5.96. The van der Waals surface area contributed by atoms with Gasteiger partial charge in [0.25, 0.3) is 0 Å². The van der Waals surface area contributed by atoms with Crippen molar-refractivity contribution in [1.29, 1.82) is 0 Å². The van der Waals surface area contributed by atoms with Gasteiger partial charge in [0.1, 0.15) is 12.4 Å².